The number of methoxy groups -OCH3 is 1. The Balaban J connectivity index is 2.37. The van der Waals surface area contributed by atoms with Crippen LogP contribution in [0.15, 0.2) is 42.6 Å². The standard InChI is InChI=1S/C14H15N3O3/c1-14(12(18)19,10-6-4-3-5-7-10)17-13-15-9-8-11(16-13)20-2/h3-9H,1-2H3,(H,18,19)(H,15,16,17). The van der Waals surface area contributed by atoms with Crippen LogP contribution in [0.5, 0.6) is 5.88 Å². The van der Waals surface area contributed by atoms with Crippen molar-refractivity contribution in [2.75, 3.05) is 12.4 Å². The van der Waals surface area contributed by atoms with E-state index in [0.717, 1.165) is 0 Å². The first-order chi connectivity index (χ1) is 9.56. The lowest BCUT2D eigenvalue weighted by Crippen LogP contribution is -2.41. The Labute approximate surface area is 116 Å². The number of anilines is 1. The van der Waals surface area contributed by atoms with Crippen molar-refractivity contribution in [2.45, 2.75) is 12.5 Å². The molecule has 2 N–H and O–H groups in total. The van der Waals surface area contributed by atoms with Gasteiger partial charge in [-0.15, -0.1) is 0 Å². The van der Waals surface area contributed by atoms with Crippen LogP contribution in [0.4, 0.5) is 5.95 Å². The van der Waals surface area contributed by atoms with E-state index in [1.54, 1.807) is 37.3 Å². The van der Waals surface area contributed by atoms with E-state index in [4.69, 9.17) is 4.74 Å². The van der Waals surface area contributed by atoms with Gasteiger partial charge in [-0.25, -0.2) is 9.78 Å². The highest BCUT2D eigenvalue weighted by Gasteiger charge is 2.35. The number of carboxylic acid groups (broad SMARTS) is 1. The van der Waals surface area contributed by atoms with Crippen molar-refractivity contribution in [1.82, 2.24) is 9.97 Å². The summed E-state index contributed by atoms with van der Waals surface area (Å²) >= 11 is 0. The van der Waals surface area contributed by atoms with E-state index in [1.165, 1.54) is 13.3 Å². The number of rotatable bonds is 5. The van der Waals surface area contributed by atoms with Crippen LogP contribution in [-0.4, -0.2) is 28.2 Å². The molecule has 0 bridgehead atoms. The monoisotopic (exact) mass is 273 g/mol. The molecule has 2 aromatic rings. The molecule has 104 valence electrons. The molecule has 0 spiro atoms. The Morgan fingerprint density at radius 1 is 1.30 bits per heavy atom. The predicted molar refractivity (Wildman–Crippen MR) is 73.6 cm³/mol. The molecule has 0 fully saturated rings. The minimum atomic E-state index is -1.33. The van der Waals surface area contributed by atoms with Gasteiger partial charge >= 0.3 is 5.97 Å². The molecule has 0 aliphatic rings. The Bertz CT molecular complexity index is 604. The molecule has 6 nitrogen and oxygen atoms in total. The highest BCUT2D eigenvalue weighted by atomic mass is 16.5. The number of nitrogens with one attached hydrogen (secondary N) is 1. The summed E-state index contributed by atoms with van der Waals surface area (Å²) in [6.07, 6.45) is 1.50. The van der Waals surface area contributed by atoms with E-state index in [-0.39, 0.29) is 5.95 Å². The van der Waals surface area contributed by atoms with Crippen LogP contribution in [0.2, 0.25) is 0 Å². The zero-order valence-electron chi connectivity index (χ0n) is 11.2. The predicted octanol–water partition coefficient (Wildman–Crippen LogP) is 1.90. The maximum atomic E-state index is 11.6. The van der Waals surface area contributed by atoms with Crippen molar-refractivity contribution in [3.8, 4) is 5.88 Å². The molecule has 0 saturated carbocycles. The average Bonchev–Trinajstić information content (AvgIpc) is 2.48. The van der Waals surface area contributed by atoms with Gasteiger partial charge in [0.15, 0.2) is 5.54 Å². The van der Waals surface area contributed by atoms with E-state index in [1.807, 2.05) is 6.07 Å². The van der Waals surface area contributed by atoms with Gasteiger partial charge in [0.1, 0.15) is 0 Å². The molecule has 6 heteroatoms. The highest BCUT2D eigenvalue weighted by molar-refractivity contribution is 5.83. The van der Waals surface area contributed by atoms with Crippen LogP contribution in [0.3, 0.4) is 0 Å². The van der Waals surface area contributed by atoms with Crippen molar-refractivity contribution >= 4 is 11.9 Å². The number of benzene rings is 1. The number of hydrogen-bond donors (Lipinski definition) is 2. The second kappa shape index (κ2) is 5.56. The summed E-state index contributed by atoms with van der Waals surface area (Å²) < 4.78 is 5.00. The fourth-order valence-corrected chi connectivity index (χ4v) is 1.76. The van der Waals surface area contributed by atoms with Crippen LogP contribution >= 0.6 is 0 Å². The Morgan fingerprint density at radius 3 is 2.60 bits per heavy atom. The van der Waals surface area contributed by atoms with Crippen LogP contribution in [0.1, 0.15) is 12.5 Å². The summed E-state index contributed by atoms with van der Waals surface area (Å²) in [5, 5.41) is 12.4. The zero-order chi connectivity index (χ0) is 14.6. The molecule has 0 amide bonds. The first-order valence-corrected chi connectivity index (χ1v) is 6.00. The van der Waals surface area contributed by atoms with E-state index in [0.29, 0.717) is 11.4 Å². The number of aromatic nitrogens is 2. The van der Waals surface area contributed by atoms with Crippen molar-refractivity contribution < 1.29 is 14.6 Å². The second-order valence-corrected chi connectivity index (χ2v) is 4.34. The van der Waals surface area contributed by atoms with Crippen LogP contribution in [0.25, 0.3) is 0 Å². The molecule has 0 aliphatic carbocycles. The van der Waals surface area contributed by atoms with Gasteiger partial charge in [0, 0.05) is 12.3 Å². The summed E-state index contributed by atoms with van der Waals surface area (Å²) in [5.74, 6) is -0.462. The quantitative estimate of drug-likeness (QED) is 0.865. The molecule has 1 heterocycles. The minimum Gasteiger partial charge on any atom is -0.481 e. The maximum absolute atomic E-state index is 11.6. The van der Waals surface area contributed by atoms with Crippen LogP contribution in [-0.2, 0) is 10.3 Å². The van der Waals surface area contributed by atoms with Crippen molar-refractivity contribution in [3.05, 3.63) is 48.2 Å². The van der Waals surface area contributed by atoms with Gasteiger partial charge < -0.3 is 15.2 Å². The summed E-state index contributed by atoms with van der Waals surface area (Å²) in [6.45, 7) is 1.56. The highest BCUT2D eigenvalue weighted by Crippen LogP contribution is 2.25. The lowest BCUT2D eigenvalue weighted by molar-refractivity contribution is -0.142. The third-order valence-corrected chi connectivity index (χ3v) is 2.98. The molecule has 1 aromatic heterocycles. The van der Waals surface area contributed by atoms with Gasteiger partial charge in [0.25, 0.3) is 0 Å². The van der Waals surface area contributed by atoms with Gasteiger partial charge in [-0.05, 0) is 12.5 Å². The molecular formula is C14H15N3O3. The van der Waals surface area contributed by atoms with E-state index in [9.17, 15) is 9.90 Å². The average molecular weight is 273 g/mol. The molecule has 1 atom stereocenters. The zero-order valence-corrected chi connectivity index (χ0v) is 11.2. The summed E-state index contributed by atoms with van der Waals surface area (Å²) in [7, 11) is 1.49. The lowest BCUT2D eigenvalue weighted by atomic mass is 9.92. The number of carbonyl (C=O) groups is 1. The number of aliphatic carboxylic acids is 1. The summed E-state index contributed by atoms with van der Waals surface area (Å²) in [4.78, 5) is 19.7. The molecule has 0 radical (unpaired) electrons. The largest absolute Gasteiger partial charge is 0.481 e. The Kier molecular flexibility index (Phi) is 3.84. The fraction of sp³-hybridized carbons (Fsp3) is 0.214. The van der Waals surface area contributed by atoms with Gasteiger partial charge in [0.2, 0.25) is 11.8 Å². The molecule has 1 aromatic carbocycles. The van der Waals surface area contributed by atoms with Crippen molar-refractivity contribution in [1.29, 1.82) is 0 Å². The molecule has 0 saturated heterocycles. The Morgan fingerprint density at radius 2 is 2.00 bits per heavy atom. The fourth-order valence-electron chi connectivity index (χ4n) is 1.76. The number of nitrogens with zero attached hydrogens (tertiary/aromatic N) is 2. The summed E-state index contributed by atoms with van der Waals surface area (Å²) in [5.41, 5.74) is -0.716. The molecular weight excluding hydrogens is 258 g/mol. The lowest BCUT2D eigenvalue weighted by Gasteiger charge is -2.26. The third kappa shape index (κ3) is 2.69. The topological polar surface area (TPSA) is 84.3 Å². The first-order valence-electron chi connectivity index (χ1n) is 6.00. The Hall–Kier alpha value is -2.63. The smallest absolute Gasteiger partial charge is 0.333 e. The SMILES string of the molecule is COc1ccnc(NC(C)(C(=O)O)c2ccccc2)n1. The number of carboxylic acids is 1. The summed E-state index contributed by atoms with van der Waals surface area (Å²) in [6, 6.07) is 10.5. The third-order valence-electron chi connectivity index (χ3n) is 2.98. The first kappa shape index (κ1) is 13.8. The van der Waals surface area contributed by atoms with Gasteiger partial charge in [-0.2, -0.15) is 4.98 Å². The van der Waals surface area contributed by atoms with Crippen molar-refractivity contribution in [3.63, 3.8) is 0 Å². The van der Waals surface area contributed by atoms with Gasteiger partial charge in [0.05, 0.1) is 7.11 Å². The number of ether oxygens (including phenoxy) is 1. The van der Waals surface area contributed by atoms with Crippen molar-refractivity contribution in [2.24, 2.45) is 0 Å². The molecule has 0 aliphatic heterocycles. The van der Waals surface area contributed by atoms with Crippen LogP contribution in [0, 0.1) is 0 Å². The molecule has 1 unspecified atom stereocenters. The molecule has 2 rings (SSSR count). The van der Waals surface area contributed by atoms with Gasteiger partial charge in [-0.3, -0.25) is 0 Å². The normalized spacial score (nSPS) is 13.3. The van der Waals surface area contributed by atoms with Gasteiger partial charge in [-0.1, -0.05) is 30.3 Å². The van der Waals surface area contributed by atoms with E-state index in [2.05, 4.69) is 15.3 Å². The second-order valence-electron chi connectivity index (χ2n) is 4.34. The number of hydrogen-bond acceptors (Lipinski definition) is 5. The van der Waals surface area contributed by atoms with Crippen LogP contribution < -0.4 is 10.1 Å². The minimum absolute atomic E-state index is 0.193. The maximum Gasteiger partial charge on any atom is 0.333 e. The van der Waals surface area contributed by atoms with E-state index < -0.39 is 11.5 Å². The molecule has 20 heavy (non-hydrogen) atoms. The van der Waals surface area contributed by atoms with E-state index >= 15 is 0 Å².